The number of hydrogen-bond donors (Lipinski definition) is 2. The average Bonchev–Trinajstić information content (AvgIpc) is 2.47. The Morgan fingerprint density at radius 3 is 2.47 bits per heavy atom. The van der Waals surface area contributed by atoms with Crippen LogP contribution in [-0.2, 0) is 0 Å². The van der Waals surface area contributed by atoms with Crippen molar-refractivity contribution >= 4 is 11.6 Å². The molecule has 2 aromatic carbocycles. The maximum absolute atomic E-state index is 12.0. The third-order valence-corrected chi connectivity index (χ3v) is 3.20. The van der Waals surface area contributed by atoms with Crippen LogP contribution in [-0.4, -0.2) is 13.0 Å². The second-order valence-corrected chi connectivity index (χ2v) is 4.37. The molecular weight excluding hydrogens is 240 g/mol. The van der Waals surface area contributed by atoms with E-state index in [1.54, 1.807) is 7.11 Å². The van der Waals surface area contributed by atoms with E-state index < -0.39 is 0 Å². The van der Waals surface area contributed by atoms with Gasteiger partial charge in [0.15, 0.2) is 0 Å². The van der Waals surface area contributed by atoms with Crippen molar-refractivity contribution in [2.24, 2.45) is 0 Å². The van der Waals surface area contributed by atoms with Gasteiger partial charge in [-0.1, -0.05) is 24.3 Å². The van der Waals surface area contributed by atoms with Gasteiger partial charge in [-0.2, -0.15) is 0 Å². The molecule has 19 heavy (non-hydrogen) atoms. The fourth-order valence-corrected chi connectivity index (χ4v) is 2.17. The summed E-state index contributed by atoms with van der Waals surface area (Å²) in [5, 5.41) is 6.24. The number of para-hydroxylation sites is 1. The van der Waals surface area contributed by atoms with Gasteiger partial charge in [-0.3, -0.25) is 4.79 Å². The number of rotatable bonds is 2. The van der Waals surface area contributed by atoms with Crippen molar-refractivity contribution in [3.63, 3.8) is 0 Å². The molecule has 4 nitrogen and oxygen atoms in total. The molecular formula is C15H14N2O2. The summed E-state index contributed by atoms with van der Waals surface area (Å²) in [7, 11) is 1.63. The van der Waals surface area contributed by atoms with E-state index in [0.717, 1.165) is 17.0 Å². The van der Waals surface area contributed by atoms with Crippen molar-refractivity contribution in [1.29, 1.82) is 0 Å². The van der Waals surface area contributed by atoms with Gasteiger partial charge in [0.2, 0.25) is 0 Å². The van der Waals surface area contributed by atoms with Gasteiger partial charge < -0.3 is 15.4 Å². The molecule has 0 radical (unpaired) electrons. The second-order valence-electron chi connectivity index (χ2n) is 4.37. The Morgan fingerprint density at radius 2 is 1.74 bits per heavy atom. The Balaban J connectivity index is 1.90. The molecule has 4 heteroatoms. The highest BCUT2D eigenvalue weighted by atomic mass is 16.5. The molecule has 1 heterocycles. The third-order valence-electron chi connectivity index (χ3n) is 3.20. The van der Waals surface area contributed by atoms with Crippen LogP contribution in [0.1, 0.15) is 22.1 Å². The lowest BCUT2D eigenvalue weighted by Gasteiger charge is -2.28. The molecule has 0 spiro atoms. The summed E-state index contributed by atoms with van der Waals surface area (Å²) in [4.78, 5) is 12.0. The van der Waals surface area contributed by atoms with Crippen LogP contribution in [0.5, 0.6) is 5.75 Å². The van der Waals surface area contributed by atoms with Crippen LogP contribution < -0.4 is 15.4 Å². The Hall–Kier alpha value is -2.49. The Kier molecular flexibility index (Phi) is 2.83. The molecule has 0 aliphatic carbocycles. The second kappa shape index (κ2) is 4.65. The minimum Gasteiger partial charge on any atom is -0.497 e. The largest absolute Gasteiger partial charge is 0.497 e. The molecule has 1 atom stereocenters. The average molecular weight is 254 g/mol. The van der Waals surface area contributed by atoms with E-state index in [1.165, 1.54) is 0 Å². The van der Waals surface area contributed by atoms with Crippen LogP contribution in [0.3, 0.4) is 0 Å². The van der Waals surface area contributed by atoms with Crippen molar-refractivity contribution in [2.45, 2.75) is 6.17 Å². The Labute approximate surface area is 111 Å². The molecule has 1 aliphatic rings. The van der Waals surface area contributed by atoms with Crippen molar-refractivity contribution in [1.82, 2.24) is 5.32 Å². The highest BCUT2D eigenvalue weighted by molar-refractivity contribution is 6.01. The molecule has 0 bridgehead atoms. The summed E-state index contributed by atoms with van der Waals surface area (Å²) in [6.45, 7) is 0. The molecule has 1 aliphatic heterocycles. The molecule has 96 valence electrons. The normalized spacial score (nSPS) is 17.1. The quantitative estimate of drug-likeness (QED) is 0.866. The number of fused-ring (bicyclic) bond motifs is 1. The highest BCUT2D eigenvalue weighted by Gasteiger charge is 2.23. The van der Waals surface area contributed by atoms with Gasteiger partial charge in [-0.05, 0) is 29.8 Å². The van der Waals surface area contributed by atoms with Crippen LogP contribution in [0.2, 0.25) is 0 Å². The number of methoxy groups -OCH3 is 1. The summed E-state index contributed by atoms with van der Waals surface area (Å²) in [6, 6.07) is 15.1. The fourth-order valence-electron chi connectivity index (χ4n) is 2.17. The zero-order valence-electron chi connectivity index (χ0n) is 10.5. The van der Waals surface area contributed by atoms with E-state index >= 15 is 0 Å². The van der Waals surface area contributed by atoms with Crippen molar-refractivity contribution in [2.75, 3.05) is 12.4 Å². The molecule has 0 saturated heterocycles. The van der Waals surface area contributed by atoms with Crippen LogP contribution in [0.15, 0.2) is 48.5 Å². The molecule has 0 unspecified atom stereocenters. The molecule has 2 N–H and O–H groups in total. The van der Waals surface area contributed by atoms with Gasteiger partial charge in [-0.15, -0.1) is 0 Å². The van der Waals surface area contributed by atoms with Gasteiger partial charge in [0.1, 0.15) is 11.9 Å². The number of nitrogens with one attached hydrogen (secondary N) is 2. The van der Waals surface area contributed by atoms with E-state index in [4.69, 9.17) is 4.74 Å². The standard InChI is InChI=1S/C15H14N2O2/c1-19-11-8-6-10(7-9-11)14-16-13-5-3-2-4-12(13)15(18)17-14/h2-9,14,16H,1H3,(H,17,18)/t14-/m0/s1. The van der Waals surface area contributed by atoms with Gasteiger partial charge in [0.05, 0.1) is 12.7 Å². The van der Waals surface area contributed by atoms with Crippen LogP contribution >= 0.6 is 0 Å². The predicted molar refractivity (Wildman–Crippen MR) is 73.3 cm³/mol. The maximum atomic E-state index is 12.0. The number of ether oxygens (including phenoxy) is 1. The maximum Gasteiger partial charge on any atom is 0.255 e. The number of hydrogen-bond acceptors (Lipinski definition) is 3. The monoisotopic (exact) mass is 254 g/mol. The summed E-state index contributed by atoms with van der Waals surface area (Å²) in [5.74, 6) is 0.737. The van der Waals surface area contributed by atoms with E-state index in [2.05, 4.69) is 10.6 Å². The SMILES string of the molecule is COc1ccc([C@@H]2NC(=O)c3ccccc3N2)cc1. The summed E-state index contributed by atoms with van der Waals surface area (Å²) >= 11 is 0. The first-order valence-electron chi connectivity index (χ1n) is 6.08. The predicted octanol–water partition coefficient (Wildman–Crippen LogP) is 2.55. The van der Waals surface area contributed by atoms with Gasteiger partial charge in [-0.25, -0.2) is 0 Å². The van der Waals surface area contributed by atoms with Crippen LogP contribution in [0.25, 0.3) is 0 Å². The molecule has 3 rings (SSSR count). The lowest BCUT2D eigenvalue weighted by atomic mass is 10.1. The van der Waals surface area contributed by atoms with Crippen LogP contribution in [0, 0.1) is 0 Å². The first-order chi connectivity index (χ1) is 9.28. The van der Waals surface area contributed by atoms with Gasteiger partial charge in [0, 0.05) is 5.69 Å². The van der Waals surface area contributed by atoms with Gasteiger partial charge >= 0.3 is 0 Å². The lowest BCUT2D eigenvalue weighted by molar-refractivity contribution is 0.0935. The first-order valence-corrected chi connectivity index (χ1v) is 6.08. The molecule has 1 amide bonds. The number of benzene rings is 2. The lowest BCUT2D eigenvalue weighted by Crippen LogP contribution is -2.38. The van der Waals surface area contributed by atoms with Crippen molar-refractivity contribution in [3.05, 3.63) is 59.7 Å². The number of carbonyl (C=O) groups excluding carboxylic acids is 1. The number of amides is 1. The third kappa shape index (κ3) is 2.12. The zero-order chi connectivity index (χ0) is 13.2. The Morgan fingerprint density at radius 1 is 1.00 bits per heavy atom. The highest BCUT2D eigenvalue weighted by Crippen LogP contribution is 2.26. The Bertz CT molecular complexity index is 608. The summed E-state index contributed by atoms with van der Waals surface area (Å²) in [5.41, 5.74) is 2.52. The van der Waals surface area contributed by atoms with E-state index in [9.17, 15) is 4.79 Å². The summed E-state index contributed by atoms with van der Waals surface area (Å²) in [6.07, 6.45) is -0.215. The zero-order valence-corrected chi connectivity index (χ0v) is 10.5. The minimum absolute atomic E-state index is 0.0600. The van der Waals surface area contributed by atoms with Crippen molar-refractivity contribution < 1.29 is 9.53 Å². The smallest absolute Gasteiger partial charge is 0.255 e. The number of anilines is 1. The summed E-state index contributed by atoms with van der Waals surface area (Å²) < 4.78 is 5.13. The van der Waals surface area contributed by atoms with Crippen LogP contribution in [0.4, 0.5) is 5.69 Å². The van der Waals surface area contributed by atoms with Crippen molar-refractivity contribution in [3.8, 4) is 5.75 Å². The first kappa shape index (κ1) is 11.6. The molecule has 0 fully saturated rings. The van der Waals surface area contributed by atoms with E-state index in [-0.39, 0.29) is 12.1 Å². The van der Waals surface area contributed by atoms with Gasteiger partial charge in [0.25, 0.3) is 5.91 Å². The molecule has 2 aromatic rings. The molecule has 0 saturated carbocycles. The topological polar surface area (TPSA) is 50.4 Å². The fraction of sp³-hybridized carbons (Fsp3) is 0.133. The van der Waals surface area contributed by atoms with E-state index in [1.807, 2.05) is 48.5 Å². The molecule has 0 aromatic heterocycles. The minimum atomic E-state index is -0.215. The number of carbonyl (C=O) groups is 1. The van der Waals surface area contributed by atoms with E-state index in [0.29, 0.717) is 5.56 Å².